The minimum atomic E-state index is 0.128. The molecule has 5 heteroatoms. The Kier molecular flexibility index (Phi) is 5.36. The van der Waals surface area contributed by atoms with Crippen LogP contribution < -0.4 is 5.32 Å². The highest BCUT2D eigenvalue weighted by atomic mass is 32.2. The normalized spacial score (nSPS) is 13.6. The average molecular weight is 253 g/mol. The van der Waals surface area contributed by atoms with E-state index in [0.717, 1.165) is 0 Å². The minimum Gasteiger partial charge on any atom is -0.272 e. The van der Waals surface area contributed by atoms with Gasteiger partial charge < -0.3 is 0 Å². The maximum absolute atomic E-state index is 8.60. The van der Waals surface area contributed by atoms with E-state index in [-0.39, 0.29) is 6.04 Å². The van der Waals surface area contributed by atoms with E-state index in [0.29, 0.717) is 11.1 Å². The van der Waals surface area contributed by atoms with Crippen molar-refractivity contribution in [2.75, 3.05) is 6.26 Å². The first kappa shape index (κ1) is 13.1. The first-order valence-corrected chi connectivity index (χ1v) is 7.09. The summed E-state index contributed by atoms with van der Waals surface area (Å²) in [6.07, 6.45) is 3.82. The van der Waals surface area contributed by atoms with Crippen molar-refractivity contribution in [1.82, 2.24) is 5.32 Å². The van der Waals surface area contributed by atoms with E-state index in [2.05, 4.69) is 35.6 Å². The van der Waals surface area contributed by atoms with E-state index in [4.69, 9.17) is 5.26 Å². The van der Waals surface area contributed by atoms with Gasteiger partial charge in [0.15, 0.2) is 11.4 Å². The van der Waals surface area contributed by atoms with Crippen LogP contribution in [0, 0.1) is 17.4 Å². The fourth-order valence-corrected chi connectivity index (χ4v) is 2.61. The van der Waals surface area contributed by atoms with Crippen molar-refractivity contribution in [1.29, 1.82) is 5.26 Å². The molecule has 1 unspecified atom stereocenters. The summed E-state index contributed by atoms with van der Waals surface area (Å²) < 4.78 is 0. The minimum absolute atomic E-state index is 0.128. The van der Waals surface area contributed by atoms with Gasteiger partial charge in [0.25, 0.3) is 0 Å². The van der Waals surface area contributed by atoms with Gasteiger partial charge >= 0.3 is 0 Å². The molecule has 0 aliphatic heterocycles. The topological polar surface area (TPSA) is 48.2 Å². The van der Waals surface area contributed by atoms with Gasteiger partial charge in [-0.3, -0.25) is 10.3 Å². The molecule has 0 fully saturated rings. The Morgan fingerprint density at radius 3 is 2.81 bits per heavy atom. The molecule has 0 bridgehead atoms. The Balaban J connectivity index is 2.91. The van der Waals surface area contributed by atoms with Gasteiger partial charge in [0.1, 0.15) is 0 Å². The van der Waals surface area contributed by atoms with E-state index in [1.807, 2.05) is 18.5 Å². The number of nitrogens with one attached hydrogen (secondary N) is 1. The van der Waals surface area contributed by atoms with Crippen molar-refractivity contribution < 1.29 is 0 Å². The van der Waals surface area contributed by atoms with Gasteiger partial charge in [0.2, 0.25) is 0 Å². The Labute approximate surface area is 105 Å². The van der Waals surface area contributed by atoms with E-state index < -0.39 is 0 Å². The molecular formula is C11H15N3S2. The van der Waals surface area contributed by atoms with Gasteiger partial charge in [-0.1, -0.05) is 31.7 Å². The molecular weight excluding hydrogens is 238 g/mol. The molecule has 0 aromatic carbocycles. The van der Waals surface area contributed by atoms with Crippen molar-refractivity contribution in [3.8, 4) is 6.19 Å². The first-order chi connectivity index (χ1) is 7.69. The highest BCUT2D eigenvalue weighted by molar-refractivity contribution is 8.13. The maximum atomic E-state index is 8.60. The van der Waals surface area contributed by atoms with Crippen molar-refractivity contribution in [2.24, 2.45) is 10.9 Å². The van der Waals surface area contributed by atoms with Gasteiger partial charge in [-0.15, -0.1) is 11.3 Å². The third kappa shape index (κ3) is 3.54. The van der Waals surface area contributed by atoms with Gasteiger partial charge in [0, 0.05) is 4.88 Å². The fourth-order valence-electron chi connectivity index (χ4n) is 1.31. The lowest BCUT2D eigenvalue weighted by atomic mass is 10.0. The molecule has 1 aromatic heterocycles. The number of thiophene rings is 1. The lowest BCUT2D eigenvalue weighted by molar-refractivity contribution is 0.524. The Morgan fingerprint density at radius 2 is 2.38 bits per heavy atom. The number of nitriles is 1. The highest BCUT2D eigenvalue weighted by Gasteiger charge is 2.16. The average Bonchev–Trinajstić information content (AvgIpc) is 2.76. The summed E-state index contributed by atoms with van der Waals surface area (Å²) in [5, 5.41) is 13.9. The summed E-state index contributed by atoms with van der Waals surface area (Å²) in [4.78, 5) is 5.82. The lowest BCUT2D eigenvalue weighted by Crippen LogP contribution is -2.16. The van der Waals surface area contributed by atoms with Crippen molar-refractivity contribution in [3.05, 3.63) is 22.4 Å². The molecule has 1 rings (SSSR count). The maximum Gasteiger partial charge on any atom is 0.183 e. The lowest BCUT2D eigenvalue weighted by Gasteiger charge is -2.15. The van der Waals surface area contributed by atoms with Crippen LogP contribution in [0.4, 0.5) is 0 Å². The second kappa shape index (κ2) is 6.56. The van der Waals surface area contributed by atoms with Crippen LogP contribution in [-0.2, 0) is 0 Å². The Bertz CT molecular complexity index is 376. The molecule has 86 valence electrons. The van der Waals surface area contributed by atoms with Crippen molar-refractivity contribution in [3.63, 3.8) is 0 Å². The third-order valence-corrected chi connectivity index (χ3v) is 3.62. The zero-order valence-electron chi connectivity index (χ0n) is 9.60. The number of hydrogen-bond acceptors (Lipinski definition) is 4. The highest BCUT2D eigenvalue weighted by Crippen LogP contribution is 2.30. The smallest absolute Gasteiger partial charge is 0.183 e. The van der Waals surface area contributed by atoms with Crippen LogP contribution in [0.1, 0.15) is 24.8 Å². The summed E-state index contributed by atoms with van der Waals surface area (Å²) in [6, 6.07) is 4.24. The molecule has 1 N–H and O–H groups in total. The summed E-state index contributed by atoms with van der Waals surface area (Å²) in [6.45, 7) is 4.27. The number of aliphatic imine (C=N–C) groups is 1. The van der Waals surface area contributed by atoms with E-state index in [1.54, 1.807) is 11.3 Å². The molecule has 0 amide bonds. The molecule has 1 aromatic rings. The van der Waals surface area contributed by atoms with Crippen molar-refractivity contribution in [2.45, 2.75) is 19.9 Å². The van der Waals surface area contributed by atoms with Gasteiger partial charge in [-0.25, -0.2) is 0 Å². The predicted molar refractivity (Wildman–Crippen MR) is 71.6 cm³/mol. The quantitative estimate of drug-likeness (QED) is 0.389. The van der Waals surface area contributed by atoms with E-state index in [1.165, 1.54) is 16.6 Å². The molecule has 3 nitrogen and oxygen atoms in total. The molecule has 0 aliphatic rings. The number of rotatable bonds is 3. The van der Waals surface area contributed by atoms with Crippen LogP contribution in [0.2, 0.25) is 0 Å². The zero-order valence-corrected chi connectivity index (χ0v) is 11.2. The Hall–Kier alpha value is -0.990. The molecule has 0 radical (unpaired) electrons. The second-order valence-electron chi connectivity index (χ2n) is 3.58. The monoisotopic (exact) mass is 253 g/mol. The summed E-state index contributed by atoms with van der Waals surface area (Å²) in [7, 11) is 0. The fraction of sp³-hybridized carbons (Fsp3) is 0.455. The molecule has 1 atom stereocenters. The van der Waals surface area contributed by atoms with Crippen LogP contribution in [0.25, 0.3) is 0 Å². The summed E-state index contributed by atoms with van der Waals surface area (Å²) in [5.74, 6) is 0.418. The first-order valence-electron chi connectivity index (χ1n) is 4.99. The predicted octanol–water partition coefficient (Wildman–Crippen LogP) is 3.23. The second-order valence-corrected chi connectivity index (χ2v) is 5.35. The molecule has 0 spiro atoms. The third-order valence-electron chi connectivity index (χ3n) is 2.08. The van der Waals surface area contributed by atoms with Crippen LogP contribution in [-0.4, -0.2) is 11.4 Å². The Morgan fingerprint density at radius 1 is 1.62 bits per heavy atom. The standard InChI is InChI=1S/C11H15N3S2/c1-8(2)10(9-5-4-6-16-9)14-11(15-3)13-7-12/h4-6,8,10H,1-3H3,(H,13,14). The molecule has 16 heavy (non-hydrogen) atoms. The van der Waals surface area contributed by atoms with E-state index in [9.17, 15) is 0 Å². The van der Waals surface area contributed by atoms with Gasteiger partial charge in [0.05, 0.1) is 6.04 Å². The SMILES string of the molecule is CSC(=NC(c1cccs1)C(C)C)NC#N. The molecule has 0 saturated heterocycles. The van der Waals surface area contributed by atoms with Gasteiger partial charge in [-0.2, -0.15) is 5.26 Å². The van der Waals surface area contributed by atoms with Crippen LogP contribution in [0.15, 0.2) is 22.5 Å². The zero-order chi connectivity index (χ0) is 12.0. The molecule has 0 saturated carbocycles. The molecule has 1 heterocycles. The number of amidine groups is 1. The number of thioether (sulfide) groups is 1. The molecule has 0 aliphatic carbocycles. The number of nitrogens with zero attached hydrogens (tertiary/aromatic N) is 2. The summed E-state index contributed by atoms with van der Waals surface area (Å²) >= 11 is 3.16. The van der Waals surface area contributed by atoms with Gasteiger partial charge in [-0.05, 0) is 23.6 Å². The number of hydrogen-bond donors (Lipinski definition) is 1. The van der Waals surface area contributed by atoms with E-state index >= 15 is 0 Å². The van der Waals surface area contributed by atoms with Crippen LogP contribution >= 0.6 is 23.1 Å². The van der Waals surface area contributed by atoms with Crippen molar-refractivity contribution >= 4 is 28.3 Å². The largest absolute Gasteiger partial charge is 0.272 e. The summed E-state index contributed by atoms with van der Waals surface area (Å²) in [5.41, 5.74) is 0. The van der Waals surface area contributed by atoms with Crippen LogP contribution in [0.5, 0.6) is 0 Å². The van der Waals surface area contributed by atoms with Crippen LogP contribution in [0.3, 0.4) is 0 Å².